The molecule has 8 heteroatoms. The van der Waals surface area contributed by atoms with Crippen LogP contribution in [0.4, 0.5) is 4.79 Å². The van der Waals surface area contributed by atoms with E-state index in [-0.39, 0.29) is 19.3 Å². The van der Waals surface area contributed by atoms with Gasteiger partial charge in [-0.3, -0.25) is 4.84 Å². The molecule has 0 unspecified atom stereocenters. The second-order valence-electron chi connectivity index (χ2n) is 4.59. The van der Waals surface area contributed by atoms with Crippen LogP contribution >= 0.6 is 0 Å². The average molecular weight is 284 g/mol. The normalized spacial score (nSPS) is 24.7. The van der Waals surface area contributed by atoms with E-state index in [2.05, 4.69) is 6.58 Å². The first-order chi connectivity index (χ1) is 9.54. The Labute approximate surface area is 115 Å². The lowest BCUT2D eigenvalue weighted by Crippen LogP contribution is -2.44. The Morgan fingerprint density at radius 3 is 2.85 bits per heavy atom. The van der Waals surface area contributed by atoms with Crippen LogP contribution < -0.4 is 0 Å². The number of carbonyl (C=O) groups is 3. The van der Waals surface area contributed by atoms with Crippen LogP contribution in [0.1, 0.15) is 12.8 Å². The van der Waals surface area contributed by atoms with Gasteiger partial charge in [-0.1, -0.05) is 12.7 Å². The van der Waals surface area contributed by atoms with E-state index in [1.807, 2.05) is 0 Å². The number of urea groups is 1. The Balaban J connectivity index is 1.91. The maximum Gasteiger partial charge on any atom is 0.345 e. The molecule has 0 aromatic heterocycles. The van der Waals surface area contributed by atoms with Crippen molar-refractivity contribution in [2.75, 3.05) is 19.8 Å². The van der Waals surface area contributed by atoms with E-state index < -0.39 is 24.0 Å². The molecule has 110 valence electrons. The van der Waals surface area contributed by atoms with Gasteiger partial charge in [-0.15, -0.1) is 0 Å². The summed E-state index contributed by atoms with van der Waals surface area (Å²) >= 11 is 0. The third kappa shape index (κ3) is 2.74. The van der Waals surface area contributed by atoms with E-state index in [1.165, 1.54) is 11.0 Å². The van der Waals surface area contributed by atoms with Crippen LogP contribution in [0.2, 0.25) is 0 Å². The third-order valence-corrected chi connectivity index (χ3v) is 3.29. The number of hydrogen-bond acceptors (Lipinski definition) is 5. The van der Waals surface area contributed by atoms with Crippen molar-refractivity contribution in [1.82, 2.24) is 9.96 Å². The summed E-state index contributed by atoms with van der Waals surface area (Å²) in [6.45, 7) is 3.40. The van der Waals surface area contributed by atoms with Gasteiger partial charge in [0.15, 0.2) is 6.61 Å². The van der Waals surface area contributed by atoms with Gasteiger partial charge in [-0.05, 0) is 12.8 Å². The average Bonchev–Trinajstić information content (AvgIpc) is 2.66. The van der Waals surface area contributed by atoms with Gasteiger partial charge in [0.1, 0.15) is 12.6 Å². The van der Waals surface area contributed by atoms with Crippen molar-refractivity contribution >= 4 is 18.0 Å². The Morgan fingerprint density at radius 1 is 1.45 bits per heavy atom. The lowest BCUT2D eigenvalue weighted by atomic mass is 10.0. The van der Waals surface area contributed by atoms with E-state index in [0.29, 0.717) is 19.4 Å². The Kier molecular flexibility index (Phi) is 4.23. The molecule has 0 saturated carbocycles. The minimum absolute atomic E-state index is 0.0762. The van der Waals surface area contributed by atoms with Crippen LogP contribution in [-0.4, -0.2) is 64.9 Å². The fraction of sp³-hybridized carbons (Fsp3) is 0.583. The van der Waals surface area contributed by atoms with Gasteiger partial charge in [-0.25, -0.2) is 14.4 Å². The molecular formula is C12H16N2O6. The summed E-state index contributed by atoms with van der Waals surface area (Å²) < 4.78 is 4.73. The SMILES string of the molecule is C=CCOC(=O)CON1C(=O)N2C[C@H]1CC[C@H]2C(=O)O. The highest BCUT2D eigenvalue weighted by molar-refractivity contribution is 5.84. The topological polar surface area (TPSA) is 96.4 Å². The highest BCUT2D eigenvalue weighted by Gasteiger charge is 2.48. The number of carbonyl (C=O) groups excluding carboxylic acids is 2. The van der Waals surface area contributed by atoms with Crippen LogP contribution in [0, 0.1) is 0 Å². The molecule has 2 saturated heterocycles. The van der Waals surface area contributed by atoms with Crippen LogP contribution in [0.15, 0.2) is 12.7 Å². The number of ether oxygens (including phenoxy) is 1. The number of rotatable bonds is 6. The summed E-state index contributed by atoms with van der Waals surface area (Å²) in [4.78, 5) is 40.8. The second kappa shape index (κ2) is 5.91. The maximum absolute atomic E-state index is 12.0. The van der Waals surface area contributed by atoms with Crippen molar-refractivity contribution in [1.29, 1.82) is 0 Å². The molecule has 2 aliphatic rings. The molecule has 2 amide bonds. The molecule has 2 bridgehead atoms. The zero-order chi connectivity index (χ0) is 14.7. The zero-order valence-corrected chi connectivity index (χ0v) is 10.9. The summed E-state index contributed by atoms with van der Waals surface area (Å²) in [6.07, 6.45) is 2.34. The lowest BCUT2D eigenvalue weighted by Gasteiger charge is -2.26. The van der Waals surface area contributed by atoms with Gasteiger partial charge in [0.05, 0.1) is 6.04 Å². The number of hydroxylamine groups is 2. The first-order valence-electron chi connectivity index (χ1n) is 6.26. The van der Waals surface area contributed by atoms with Crippen molar-refractivity contribution in [2.45, 2.75) is 24.9 Å². The number of piperidine rings is 1. The highest BCUT2D eigenvalue weighted by atomic mass is 16.7. The summed E-state index contributed by atoms with van der Waals surface area (Å²) in [6, 6.07) is -1.55. The number of carboxylic acid groups (broad SMARTS) is 1. The molecule has 1 N–H and O–H groups in total. The summed E-state index contributed by atoms with van der Waals surface area (Å²) in [5.41, 5.74) is 0. The molecule has 8 nitrogen and oxygen atoms in total. The Hall–Kier alpha value is -2.09. The van der Waals surface area contributed by atoms with Gasteiger partial charge in [0.2, 0.25) is 0 Å². The van der Waals surface area contributed by atoms with Crippen molar-refractivity contribution in [3.05, 3.63) is 12.7 Å². The quantitative estimate of drug-likeness (QED) is 0.545. The van der Waals surface area contributed by atoms with Crippen LogP contribution in [0.5, 0.6) is 0 Å². The largest absolute Gasteiger partial charge is 0.480 e. The van der Waals surface area contributed by atoms with Crippen LogP contribution in [-0.2, 0) is 19.2 Å². The van der Waals surface area contributed by atoms with E-state index in [0.717, 1.165) is 5.06 Å². The molecule has 0 aliphatic carbocycles. The van der Waals surface area contributed by atoms with Gasteiger partial charge in [-0.2, -0.15) is 5.06 Å². The maximum atomic E-state index is 12.0. The number of hydrogen-bond donors (Lipinski definition) is 1. The molecule has 0 aromatic carbocycles. The predicted octanol–water partition coefficient (Wildman–Crippen LogP) is 0.000400. The summed E-state index contributed by atoms with van der Waals surface area (Å²) in [5.74, 6) is -1.63. The van der Waals surface area contributed by atoms with Crippen molar-refractivity contribution in [2.24, 2.45) is 0 Å². The Bertz CT molecular complexity index is 438. The van der Waals surface area contributed by atoms with Crippen molar-refractivity contribution in [3.8, 4) is 0 Å². The molecular weight excluding hydrogens is 268 g/mol. The molecule has 0 aromatic rings. The molecule has 2 fully saturated rings. The van der Waals surface area contributed by atoms with Crippen molar-refractivity contribution in [3.63, 3.8) is 0 Å². The van der Waals surface area contributed by atoms with E-state index >= 15 is 0 Å². The number of carboxylic acids is 1. The number of amides is 2. The minimum atomic E-state index is -1.02. The second-order valence-corrected chi connectivity index (χ2v) is 4.59. The monoisotopic (exact) mass is 284 g/mol. The van der Waals surface area contributed by atoms with Gasteiger partial charge in [0, 0.05) is 6.54 Å². The molecule has 2 aliphatic heterocycles. The summed E-state index contributed by atoms with van der Waals surface area (Å²) in [7, 11) is 0. The number of esters is 1. The lowest BCUT2D eigenvalue weighted by molar-refractivity contribution is -0.171. The molecule has 2 heterocycles. The molecule has 2 atom stereocenters. The van der Waals surface area contributed by atoms with E-state index in [9.17, 15) is 14.4 Å². The number of aliphatic carboxylic acids is 1. The zero-order valence-electron chi connectivity index (χ0n) is 10.9. The van der Waals surface area contributed by atoms with Crippen molar-refractivity contribution < 1.29 is 29.1 Å². The van der Waals surface area contributed by atoms with Gasteiger partial charge >= 0.3 is 18.0 Å². The molecule has 0 spiro atoms. The Morgan fingerprint density at radius 2 is 2.20 bits per heavy atom. The van der Waals surface area contributed by atoms with E-state index in [1.54, 1.807) is 0 Å². The minimum Gasteiger partial charge on any atom is -0.480 e. The fourth-order valence-corrected chi connectivity index (χ4v) is 2.37. The van der Waals surface area contributed by atoms with E-state index in [4.69, 9.17) is 14.7 Å². The van der Waals surface area contributed by atoms with Crippen LogP contribution in [0.25, 0.3) is 0 Å². The third-order valence-electron chi connectivity index (χ3n) is 3.29. The predicted molar refractivity (Wildman–Crippen MR) is 65.5 cm³/mol. The molecule has 0 radical (unpaired) electrons. The number of fused-ring (bicyclic) bond motifs is 2. The molecule has 2 rings (SSSR count). The highest BCUT2D eigenvalue weighted by Crippen LogP contribution is 2.29. The van der Waals surface area contributed by atoms with Crippen LogP contribution in [0.3, 0.4) is 0 Å². The smallest absolute Gasteiger partial charge is 0.345 e. The van der Waals surface area contributed by atoms with Gasteiger partial charge in [0.25, 0.3) is 0 Å². The summed E-state index contributed by atoms with van der Waals surface area (Å²) in [5, 5.41) is 10.1. The number of nitrogens with zero attached hydrogens (tertiary/aromatic N) is 2. The first-order valence-corrected chi connectivity index (χ1v) is 6.26. The van der Waals surface area contributed by atoms with Gasteiger partial charge < -0.3 is 14.7 Å². The fourth-order valence-electron chi connectivity index (χ4n) is 2.37. The first kappa shape index (κ1) is 14.3. The molecule has 20 heavy (non-hydrogen) atoms. The standard InChI is InChI=1S/C12H16N2O6/c1-2-5-19-10(15)7-20-14-8-3-4-9(11(16)17)13(6-8)12(14)18/h2,8-9H,1,3-7H2,(H,16,17)/t8-,9+/m1/s1.